The highest BCUT2D eigenvalue weighted by Crippen LogP contribution is 2.23. The third-order valence-electron chi connectivity index (χ3n) is 3.76. The largest absolute Gasteiger partial charge is 0.465 e. The number of anilines is 1. The van der Waals surface area contributed by atoms with Crippen LogP contribution in [-0.4, -0.2) is 59.4 Å². The van der Waals surface area contributed by atoms with E-state index in [2.05, 4.69) is 10.1 Å². The standard InChI is InChI=1S/C18H24N2O6/c1-18(2,3)26-17(24)20-10-13(21)9-14(20)15(22)19-12-7-5-6-11(8-12)16(23)25-4/h5-8,13-14,21H,9-10H2,1-4H3,(H,19,22). The van der Waals surface area contributed by atoms with E-state index in [1.165, 1.54) is 18.1 Å². The summed E-state index contributed by atoms with van der Waals surface area (Å²) < 4.78 is 9.95. The average molecular weight is 364 g/mol. The van der Waals surface area contributed by atoms with Gasteiger partial charge in [-0.25, -0.2) is 9.59 Å². The van der Waals surface area contributed by atoms with Crippen LogP contribution in [0.25, 0.3) is 0 Å². The van der Waals surface area contributed by atoms with Gasteiger partial charge in [0.15, 0.2) is 0 Å². The number of likely N-dealkylation sites (tertiary alicyclic amines) is 1. The van der Waals surface area contributed by atoms with Crippen molar-refractivity contribution in [3.63, 3.8) is 0 Å². The van der Waals surface area contributed by atoms with E-state index < -0.39 is 35.7 Å². The predicted octanol–water partition coefficient (Wildman–Crippen LogP) is 1.78. The molecule has 1 aliphatic heterocycles. The lowest BCUT2D eigenvalue weighted by atomic mass is 10.1. The number of methoxy groups -OCH3 is 1. The summed E-state index contributed by atoms with van der Waals surface area (Å²) in [6.07, 6.45) is -1.35. The number of amides is 2. The van der Waals surface area contributed by atoms with Crippen molar-refractivity contribution in [1.29, 1.82) is 0 Å². The van der Waals surface area contributed by atoms with Crippen LogP contribution in [0.5, 0.6) is 0 Å². The monoisotopic (exact) mass is 364 g/mol. The molecular formula is C18H24N2O6. The highest BCUT2D eigenvalue weighted by molar-refractivity contribution is 5.98. The summed E-state index contributed by atoms with van der Waals surface area (Å²) in [5.74, 6) is -0.984. The Morgan fingerprint density at radius 3 is 2.58 bits per heavy atom. The first kappa shape index (κ1) is 19.7. The maximum atomic E-state index is 12.6. The van der Waals surface area contributed by atoms with Gasteiger partial charge in [-0.1, -0.05) is 6.07 Å². The Bertz CT molecular complexity index is 697. The molecule has 26 heavy (non-hydrogen) atoms. The van der Waals surface area contributed by atoms with Gasteiger partial charge in [0.1, 0.15) is 11.6 Å². The lowest BCUT2D eigenvalue weighted by Crippen LogP contribution is -2.45. The van der Waals surface area contributed by atoms with E-state index in [-0.39, 0.29) is 13.0 Å². The fourth-order valence-corrected chi connectivity index (χ4v) is 2.65. The van der Waals surface area contributed by atoms with Crippen LogP contribution in [0.1, 0.15) is 37.6 Å². The highest BCUT2D eigenvalue weighted by Gasteiger charge is 2.40. The van der Waals surface area contributed by atoms with Crippen molar-refractivity contribution >= 4 is 23.7 Å². The second kappa shape index (κ2) is 7.74. The summed E-state index contributed by atoms with van der Waals surface area (Å²) in [6.45, 7) is 5.20. The van der Waals surface area contributed by atoms with Gasteiger partial charge in [0.05, 0.1) is 25.3 Å². The maximum Gasteiger partial charge on any atom is 0.411 e. The number of ether oxygens (including phenoxy) is 2. The van der Waals surface area contributed by atoms with E-state index in [0.29, 0.717) is 11.3 Å². The number of hydrogen-bond acceptors (Lipinski definition) is 6. The molecule has 1 fully saturated rings. The van der Waals surface area contributed by atoms with Crippen molar-refractivity contribution in [1.82, 2.24) is 4.90 Å². The van der Waals surface area contributed by atoms with E-state index in [9.17, 15) is 19.5 Å². The van der Waals surface area contributed by atoms with Crippen LogP contribution in [-0.2, 0) is 14.3 Å². The van der Waals surface area contributed by atoms with Gasteiger partial charge < -0.3 is 19.9 Å². The Balaban J connectivity index is 2.12. The highest BCUT2D eigenvalue weighted by atomic mass is 16.6. The lowest BCUT2D eigenvalue weighted by Gasteiger charge is -2.27. The Morgan fingerprint density at radius 2 is 1.96 bits per heavy atom. The van der Waals surface area contributed by atoms with Gasteiger partial charge in [-0.2, -0.15) is 0 Å². The van der Waals surface area contributed by atoms with Gasteiger partial charge in [0.2, 0.25) is 5.91 Å². The topological polar surface area (TPSA) is 105 Å². The summed E-state index contributed by atoms with van der Waals surface area (Å²) in [7, 11) is 1.27. The molecule has 0 spiro atoms. The SMILES string of the molecule is COC(=O)c1cccc(NC(=O)C2CC(O)CN2C(=O)OC(C)(C)C)c1. The molecule has 1 heterocycles. The van der Waals surface area contributed by atoms with Crippen molar-refractivity contribution in [3.8, 4) is 0 Å². The van der Waals surface area contributed by atoms with Crippen molar-refractivity contribution in [3.05, 3.63) is 29.8 Å². The Hall–Kier alpha value is -2.61. The number of nitrogens with zero attached hydrogens (tertiary/aromatic N) is 1. The van der Waals surface area contributed by atoms with Gasteiger partial charge in [0, 0.05) is 12.1 Å². The fraction of sp³-hybridized carbons (Fsp3) is 0.500. The molecule has 1 aromatic rings. The number of carbonyl (C=O) groups is 3. The Morgan fingerprint density at radius 1 is 1.27 bits per heavy atom. The Kier molecular flexibility index (Phi) is 5.86. The molecule has 0 bridgehead atoms. The number of hydrogen-bond donors (Lipinski definition) is 2. The Labute approximate surface area is 152 Å². The predicted molar refractivity (Wildman–Crippen MR) is 93.8 cm³/mol. The summed E-state index contributed by atoms with van der Waals surface area (Å²) in [5, 5.41) is 12.6. The van der Waals surface area contributed by atoms with Crippen molar-refractivity contribution in [2.75, 3.05) is 19.0 Å². The summed E-state index contributed by atoms with van der Waals surface area (Å²) in [6, 6.07) is 5.41. The van der Waals surface area contributed by atoms with Gasteiger partial charge in [-0.15, -0.1) is 0 Å². The molecule has 0 aromatic heterocycles. The van der Waals surface area contributed by atoms with Crippen LogP contribution in [0.3, 0.4) is 0 Å². The minimum absolute atomic E-state index is 0.0230. The molecule has 0 saturated carbocycles. The quantitative estimate of drug-likeness (QED) is 0.792. The number of nitrogens with one attached hydrogen (secondary N) is 1. The molecule has 8 heteroatoms. The molecule has 2 amide bonds. The summed E-state index contributed by atoms with van der Waals surface area (Å²) >= 11 is 0. The van der Waals surface area contributed by atoms with Gasteiger partial charge >= 0.3 is 12.1 Å². The van der Waals surface area contributed by atoms with Crippen LogP contribution in [0.2, 0.25) is 0 Å². The van der Waals surface area contributed by atoms with E-state index in [4.69, 9.17) is 4.74 Å². The molecule has 0 aliphatic carbocycles. The summed E-state index contributed by atoms with van der Waals surface area (Å²) in [4.78, 5) is 37.7. The van der Waals surface area contributed by atoms with Crippen LogP contribution < -0.4 is 5.32 Å². The van der Waals surface area contributed by atoms with E-state index >= 15 is 0 Å². The number of esters is 1. The molecule has 2 unspecified atom stereocenters. The summed E-state index contributed by atoms with van der Waals surface area (Å²) in [5.41, 5.74) is -0.0234. The molecular weight excluding hydrogens is 340 g/mol. The van der Waals surface area contributed by atoms with E-state index in [0.717, 1.165) is 0 Å². The number of aliphatic hydroxyl groups is 1. The van der Waals surface area contributed by atoms with Gasteiger partial charge in [-0.05, 0) is 39.0 Å². The molecule has 0 radical (unpaired) electrons. The third kappa shape index (κ3) is 4.95. The number of β-amino-alcohol motifs (C(OH)–C–C–N with tert-alkyl or cyclic N) is 1. The van der Waals surface area contributed by atoms with Gasteiger partial charge in [-0.3, -0.25) is 9.69 Å². The molecule has 1 aromatic carbocycles. The van der Waals surface area contributed by atoms with Gasteiger partial charge in [0.25, 0.3) is 0 Å². The average Bonchev–Trinajstić information content (AvgIpc) is 2.95. The van der Waals surface area contributed by atoms with Crippen LogP contribution >= 0.6 is 0 Å². The molecule has 2 rings (SSSR count). The number of aliphatic hydroxyl groups excluding tert-OH is 1. The minimum atomic E-state index is -0.860. The van der Waals surface area contributed by atoms with Crippen molar-refractivity contribution in [2.24, 2.45) is 0 Å². The number of rotatable bonds is 3. The maximum absolute atomic E-state index is 12.6. The second-order valence-corrected chi connectivity index (χ2v) is 7.10. The fourth-order valence-electron chi connectivity index (χ4n) is 2.65. The van der Waals surface area contributed by atoms with Crippen LogP contribution in [0.4, 0.5) is 10.5 Å². The molecule has 1 saturated heterocycles. The van der Waals surface area contributed by atoms with Crippen molar-refractivity contribution < 1.29 is 29.0 Å². The third-order valence-corrected chi connectivity index (χ3v) is 3.76. The van der Waals surface area contributed by atoms with E-state index in [1.807, 2.05) is 0 Å². The molecule has 1 aliphatic rings. The number of benzene rings is 1. The normalized spacial score (nSPS) is 19.8. The zero-order valence-electron chi connectivity index (χ0n) is 15.3. The zero-order valence-corrected chi connectivity index (χ0v) is 15.3. The molecule has 2 N–H and O–H groups in total. The first-order valence-electron chi connectivity index (χ1n) is 8.27. The first-order valence-corrected chi connectivity index (χ1v) is 8.27. The van der Waals surface area contributed by atoms with Crippen LogP contribution in [0, 0.1) is 0 Å². The molecule has 8 nitrogen and oxygen atoms in total. The second-order valence-electron chi connectivity index (χ2n) is 7.10. The molecule has 142 valence electrons. The van der Waals surface area contributed by atoms with Crippen LogP contribution in [0.15, 0.2) is 24.3 Å². The lowest BCUT2D eigenvalue weighted by molar-refractivity contribution is -0.120. The number of carbonyl (C=O) groups excluding carboxylic acids is 3. The van der Waals surface area contributed by atoms with E-state index in [1.54, 1.807) is 39.0 Å². The zero-order chi connectivity index (χ0) is 19.5. The minimum Gasteiger partial charge on any atom is -0.465 e. The smallest absolute Gasteiger partial charge is 0.411 e. The first-order chi connectivity index (χ1) is 12.1. The van der Waals surface area contributed by atoms with Crippen molar-refractivity contribution in [2.45, 2.75) is 44.9 Å². The molecule has 2 atom stereocenters.